The van der Waals surface area contributed by atoms with E-state index in [9.17, 15) is 0 Å². The van der Waals surface area contributed by atoms with Crippen LogP contribution in [0.2, 0.25) is 5.02 Å². The Kier molecular flexibility index (Phi) is 6.49. The van der Waals surface area contributed by atoms with Crippen LogP contribution >= 0.6 is 11.6 Å². The lowest BCUT2D eigenvalue weighted by molar-refractivity contribution is 0.317. The highest BCUT2D eigenvalue weighted by Gasteiger charge is 2.13. The summed E-state index contributed by atoms with van der Waals surface area (Å²) < 4.78 is 5.63. The van der Waals surface area contributed by atoms with Crippen molar-refractivity contribution < 1.29 is 4.74 Å². The van der Waals surface area contributed by atoms with Crippen LogP contribution in [-0.2, 0) is 6.42 Å². The molecular weight excluding hydrogens is 306 g/mol. The third-order valence-corrected chi connectivity index (χ3v) is 4.24. The normalized spacial score (nSPS) is 12.2. The maximum atomic E-state index is 6.33. The van der Waals surface area contributed by atoms with E-state index >= 15 is 0 Å². The van der Waals surface area contributed by atoms with Crippen LogP contribution in [0.4, 0.5) is 0 Å². The molecule has 0 bridgehead atoms. The lowest BCUT2D eigenvalue weighted by atomic mass is 9.90. The Balaban J connectivity index is 2.17. The molecule has 3 heteroatoms. The summed E-state index contributed by atoms with van der Waals surface area (Å²) in [4.78, 5) is 0. The van der Waals surface area contributed by atoms with E-state index in [-0.39, 0.29) is 0 Å². The fourth-order valence-corrected chi connectivity index (χ4v) is 3.13. The molecule has 0 spiro atoms. The van der Waals surface area contributed by atoms with E-state index in [1.54, 1.807) is 0 Å². The van der Waals surface area contributed by atoms with E-state index in [4.69, 9.17) is 22.1 Å². The first-order valence-electron chi connectivity index (χ1n) is 8.23. The van der Waals surface area contributed by atoms with Gasteiger partial charge in [-0.05, 0) is 56.5 Å². The summed E-state index contributed by atoms with van der Waals surface area (Å²) in [6.45, 7) is 7.64. The highest BCUT2D eigenvalue weighted by Crippen LogP contribution is 2.29. The molecule has 0 aliphatic carbocycles. The minimum atomic E-state index is 0.298. The lowest BCUT2D eigenvalue weighted by Gasteiger charge is -2.17. The van der Waals surface area contributed by atoms with E-state index in [2.05, 4.69) is 45.0 Å². The smallest absolute Gasteiger partial charge is 0.137 e. The molecule has 2 aromatic rings. The minimum absolute atomic E-state index is 0.298. The van der Waals surface area contributed by atoms with Crippen LogP contribution in [0.5, 0.6) is 5.75 Å². The topological polar surface area (TPSA) is 35.2 Å². The predicted molar refractivity (Wildman–Crippen MR) is 98.7 cm³/mol. The van der Waals surface area contributed by atoms with Crippen molar-refractivity contribution in [3.63, 3.8) is 0 Å². The van der Waals surface area contributed by atoms with Gasteiger partial charge >= 0.3 is 0 Å². The fraction of sp³-hybridized carbons (Fsp3) is 0.400. The van der Waals surface area contributed by atoms with Gasteiger partial charge in [0.05, 0.1) is 11.6 Å². The van der Waals surface area contributed by atoms with E-state index in [0.29, 0.717) is 24.1 Å². The van der Waals surface area contributed by atoms with Crippen molar-refractivity contribution in [2.45, 2.75) is 39.5 Å². The third kappa shape index (κ3) is 4.98. The molecule has 2 rings (SSSR count). The number of hydrogen-bond acceptors (Lipinski definition) is 2. The van der Waals surface area contributed by atoms with Gasteiger partial charge < -0.3 is 10.5 Å². The maximum Gasteiger partial charge on any atom is 0.137 e. The highest BCUT2D eigenvalue weighted by molar-refractivity contribution is 6.32. The first-order valence-corrected chi connectivity index (χ1v) is 8.60. The van der Waals surface area contributed by atoms with Crippen LogP contribution < -0.4 is 10.5 Å². The Hall–Kier alpha value is -1.51. The summed E-state index contributed by atoms with van der Waals surface area (Å²) in [7, 11) is 0. The molecular formula is C20H26ClNO. The van der Waals surface area contributed by atoms with Gasteiger partial charge in [0.25, 0.3) is 0 Å². The van der Waals surface area contributed by atoms with Gasteiger partial charge in [0.15, 0.2) is 0 Å². The average molecular weight is 332 g/mol. The van der Waals surface area contributed by atoms with Gasteiger partial charge in [0.2, 0.25) is 0 Å². The SMILES string of the molecule is CCCOc1ccc(CC(CN)c2cc(C)cc(C)c2)cc1Cl. The van der Waals surface area contributed by atoms with Crippen molar-refractivity contribution in [3.8, 4) is 5.75 Å². The van der Waals surface area contributed by atoms with Gasteiger partial charge in [0, 0.05) is 5.92 Å². The molecule has 2 N–H and O–H groups in total. The molecule has 1 unspecified atom stereocenters. The van der Waals surface area contributed by atoms with Crippen LogP contribution in [0.25, 0.3) is 0 Å². The molecule has 0 saturated heterocycles. The zero-order valence-corrected chi connectivity index (χ0v) is 15.0. The van der Waals surface area contributed by atoms with E-state index in [0.717, 1.165) is 18.6 Å². The molecule has 2 aromatic carbocycles. The first-order chi connectivity index (χ1) is 11.0. The van der Waals surface area contributed by atoms with Crippen molar-refractivity contribution in [1.29, 1.82) is 0 Å². The standard InChI is InChI=1S/C20H26ClNO/c1-4-7-23-20-6-5-16(12-19(20)21)11-18(13-22)17-9-14(2)8-15(3)10-17/h5-6,8-10,12,18H,4,7,11,13,22H2,1-3H3. The summed E-state index contributed by atoms with van der Waals surface area (Å²) in [5, 5.41) is 0.673. The second-order valence-electron chi connectivity index (χ2n) is 6.17. The molecule has 0 aliphatic heterocycles. The van der Waals surface area contributed by atoms with Gasteiger partial charge in [-0.3, -0.25) is 0 Å². The molecule has 1 atom stereocenters. The number of rotatable bonds is 7. The van der Waals surface area contributed by atoms with E-state index in [1.165, 1.54) is 22.3 Å². The predicted octanol–water partition coefficient (Wildman–Crippen LogP) is 5.03. The quantitative estimate of drug-likeness (QED) is 0.772. The number of aryl methyl sites for hydroxylation is 2. The summed E-state index contributed by atoms with van der Waals surface area (Å²) in [6, 6.07) is 12.7. The number of benzene rings is 2. The molecule has 0 aliphatic rings. The van der Waals surface area contributed by atoms with Crippen LogP contribution in [0, 0.1) is 13.8 Å². The van der Waals surface area contributed by atoms with Gasteiger partial charge in [0.1, 0.15) is 5.75 Å². The van der Waals surface area contributed by atoms with Crippen LogP contribution in [0.1, 0.15) is 41.5 Å². The molecule has 0 heterocycles. The van der Waals surface area contributed by atoms with Crippen LogP contribution in [0.3, 0.4) is 0 Å². The molecule has 124 valence electrons. The largest absolute Gasteiger partial charge is 0.492 e. The first kappa shape index (κ1) is 17.8. The summed E-state index contributed by atoms with van der Waals surface area (Å²) >= 11 is 6.33. The number of ether oxygens (including phenoxy) is 1. The van der Waals surface area contributed by atoms with Crippen molar-refractivity contribution in [2.75, 3.05) is 13.2 Å². The van der Waals surface area contributed by atoms with Gasteiger partial charge in [-0.25, -0.2) is 0 Å². The van der Waals surface area contributed by atoms with Crippen molar-refractivity contribution in [2.24, 2.45) is 5.73 Å². The van der Waals surface area contributed by atoms with Gasteiger partial charge in [-0.1, -0.05) is 53.9 Å². The Labute approximate surface area is 144 Å². The molecule has 2 nitrogen and oxygen atoms in total. The zero-order chi connectivity index (χ0) is 16.8. The van der Waals surface area contributed by atoms with Crippen molar-refractivity contribution >= 4 is 11.6 Å². The van der Waals surface area contributed by atoms with Crippen LogP contribution in [0.15, 0.2) is 36.4 Å². The Morgan fingerprint density at radius 1 is 1.09 bits per heavy atom. The molecule has 0 radical (unpaired) electrons. The van der Waals surface area contributed by atoms with E-state index < -0.39 is 0 Å². The molecule has 0 fully saturated rings. The van der Waals surface area contributed by atoms with Crippen molar-refractivity contribution in [3.05, 3.63) is 63.7 Å². The van der Waals surface area contributed by atoms with Crippen molar-refractivity contribution in [1.82, 2.24) is 0 Å². The number of hydrogen-bond donors (Lipinski definition) is 1. The second kappa shape index (κ2) is 8.37. The summed E-state index contributed by atoms with van der Waals surface area (Å²) in [5.74, 6) is 1.06. The Bertz CT molecular complexity index is 634. The Morgan fingerprint density at radius 2 is 1.78 bits per heavy atom. The Morgan fingerprint density at radius 3 is 2.35 bits per heavy atom. The third-order valence-electron chi connectivity index (χ3n) is 3.94. The molecule has 0 aromatic heterocycles. The number of halogens is 1. The zero-order valence-electron chi connectivity index (χ0n) is 14.2. The average Bonchev–Trinajstić information content (AvgIpc) is 2.50. The molecule has 0 saturated carbocycles. The monoisotopic (exact) mass is 331 g/mol. The molecule has 23 heavy (non-hydrogen) atoms. The summed E-state index contributed by atoms with van der Waals surface area (Å²) in [5.41, 5.74) is 11.1. The van der Waals surface area contributed by atoms with Crippen LogP contribution in [-0.4, -0.2) is 13.2 Å². The molecule has 0 amide bonds. The summed E-state index contributed by atoms with van der Waals surface area (Å²) in [6.07, 6.45) is 1.85. The number of nitrogens with two attached hydrogens (primary N) is 1. The fourth-order valence-electron chi connectivity index (χ4n) is 2.87. The maximum absolute atomic E-state index is 6.33. The van der Waals surface area contributed by atoms with Gasteiger partial charge in [-0.15, -0.1) is 0 Å². The lowest BCUT2D eigenvalue weighted by Crippen LogP contribution is -2.15. The second-order valence-corrected chi connectivity index (χ2v) is 6.58. The highest BCUT2D eigenvalue weighted by atomic mass is 35.5. The van der Waals surface area contributed by atoms with Gasteiger partial charge in [-0.2, -0.15) is 0 Å². The van der Waals surface area contributed by atoms with E-state index in [1.807, 2.05) is 12.1 Å². The minimum Gasteiger partial charge on any atom is -0.492 e.